The quantitative estimate of drug-likeness (QED) is 0.822. The monoisotopic (exact) mass is 371 g/mol. The number of hydrogen-bond acceptors (Lipinski definition) is 8. The predicted molar refractivity (Wildman–Crippen MR) is 105 cm³/mol. The van der Waals surface area contributed by atoms with E-state index < -0.39 is 0 Å². The molecule has 146 valence electrons. The number of aromatic nitrogens is 5. The van der Waals surface area contributed by atoms with E-state index in [2.05, 4.69) is 41.6 Å². The zero-order chi connectivity index (χ0) is 18.8. The van der Waals surface area contributed by atoms with Crippen LogP contribution in [0.1, 0.15) is 49.7 Å². The zero-order valence-corrected chi connectivity index (χ0v) is 16.0. The molecule has 4 rings (SSSR count). The van der Waals surface area contributed by atoms with E-state index in [0.29, 0.717) is 11.7 Å². The Bertz CT molecular complexity index is 761. The number of hydrogen-bond donors (Lipinski definition) is 2. The minimum Gasteiger partial charge on any atom is -0.383 e. The van der Waals surface area contributed by atoms with Crippen LogP contribution in [0.5, 0.6) is 0 Å². The average molecular weight is 371 g/mol. The van der Waals surface area contributed by atoms with E-state index in [1.54, 1.807) is 6.07 Å². The molecule has 2 fully saturated rings. The van der Waals surface area contributed by atoms with Crippen molar-refractivity contribution in [3.05, 3.63) is 17.7 Å². The number of nitrogens with zero attached hydrogens (tertiary/aromatic N) is 7. The molecule has 27 heavy (non-hydrogen) atoms. The molecule has 0 bridgehead atoms. The summed E-state index contributed by atoms with van der Waals surface area (Å²) >= 11 is 0. The van der Waals surface area contributed by atoms with Crippen molar-refractivity contribution in [3.63, 3.8) is 0 Å². The van der Waals surface area contributed by atoms with Gasteiger partial charge in [0.2, 0.25) is 5.95 Å². The van der Waals surface area contributed by atoms with Crippen LogP contribution in [0.2, 0.25) is 0 Å². The molecule has 2 aliphatic heterocycles. The van der Waals surface area contributed by atoms with E-state index in [-0.39, 0.29) is 5.95 Å². The minimum atomic E-state index is 0.217. The fourth-order valence-corrected chi connectivity index (χ4v) is 4.22. The molecule has 0 aromatic carbocycles. The molecule has 9 heteroatoms. The second kappa shape index (κ2) is 7.67. The molecular formula is C18H29N9. The van der Waals surface area contributed by atoms with Gasteiger partial charge in [-0.15, -0.1) is 10.2 Å². The molecule has 2 aliphatic rings. The first kappa shape index (κ1) is 18.0. The van der Waals surface area contributed by atoms with Gasteiger partial charge in [0.1, 0.15) is 23.3 Å². The molecule has 2 aromatic rings. The fourth-order valence-electron chi connectivity index (χ4n) is 4.22. The molecule has 2 saturated heterocycles. The van der Waals surface area contributed by atoms with Crippen molar-refractivity contribution in [2.24, 2.45) is 7.05 Å². The first-order valence-corrected chi connectivity index (χ1v) is 9.85. The summed E-state index contributed by atoms with van der Waals surface area (Å²) in [5, 5.41) is 9.04. The summed E-state index contributed by atoms with van der Waals surface area (Å²) in [5.41, 5.74) is 11.6. The Hall–Kier alpha value is -2.42. The van der Waals surface area contributed by atoms with Crippen LogP contribution in [-0.4, -0.2) is 55.8 Å². The molecule has 0 radical (unpaired) electrons. The van der Waals surface area contributed by atoms with Crippen molar-refractivity contribution in [2.75, 3.05) is 42.5 Å². The molecule has 1 atom stereocenters. The maximum atomic E-state index is 5.84. The van der Waals surface area contributed by atoms with Gasteiger partial charge in [-0.25, -0.2) is 0 Å². The van der Waals surface area contributed by atoms with Gasteiger partial charge in [-0.2, -0.15) is 9.97 Å². The van der Waals surface area contributed by atoms with Crippen molar-refractivity contribution in [1.82, 2.24) is 29.6 Å². The predicted octanol–water partition coefficient (Wildman–Crippen LogP) is 1.14. The van der Waals surface area contributed by atoms with Crippen molar-refractivity contribution in [3.8, 4) is 0 Å². The van der Waals surface area contributed by atoms with Crippen LogP contribution in [0.3, 0.4) is 0 Å². The van der Waals surface area contributed by atoms with Crippen LogP contribution in [0.25, 0.3) is 0 Å². The normalized spacial score (nSPS) is 21.5. The van der Waals surface area contributed by atoms with Crippen LogP contribution >= 0.6 is 0 Å². The number of nitrogens with two attached hydrogens (primary N) is 2. The maximum absolute atomic E-state index is 5.84. The lowest BCUT2D eigenvalue weighted by Crippen LogP contribution is -2.36. The Morgan fingerprint density at radius 2 is 1.85 bits per heavy atom. The van der Waals surface area contributed by atoms with Crippen LogP contribution in [-0.2, 0) is 13.6 Å². The smallest absolute Gasteiger partial charge is 0.223 e. The molecule has 4 heterocycles. The largest absolute Gasteiger partial charge is 0.383 e. The first-order valence-electron chi connectivity index (χ1n) is 9.85. The van der Waals surface area contributed by atoms with E-state index in [4.69, 9.17) is 11.5 Å². The third-order valence-electron chi connectivity index (χ3n) is 5.67. The van der Waals surface area contributed by atoms with E-state index in [0.717, 1.165) is 63.0 Å². The maximum Gasteiger partial charge on any atom is 0.223 e. The number of piperidine rings is 2. The van der Waals surface area contributed by atoms with Crippen molar-refractivity contribution in [1.29, 1.82) is 0 Å². The molecule has 0 saturated carbocycles. The Kier molecular flexibility index (Phi) is 5.11. The van der Waals surface area contributed by atoms with Crippen LogP contribution < -0.4 is 16.4 Å². The van der Waals surface area contributed by atoms with Gasteiger partial charge in [0.15, 0.2) is 0 Å². The van der Waals surface area contributed by atoms with Gasteiger partial charge in [-0.05, 0) is 38.8 Å². The van der Waals surface area contributed by atoms with Gasteiger partial charge < -0.3 is 20.9 Å². The number of anilines is 3. The van der Waals surface area contributed by atoms with Crippen LogP contribution in [0.15, 0.2) is 6.07 Å². The zero-order valence-electron chi connectivity index (χ0n) is 16.0. The number of nitrogen functional groups attached to an aromatic ring is 2. The van der Waals surface area contributed by atoms with Gasteiger partial charge in [0, 0.05) is 32.1 Å². The summed E-state index contributed by atoms with van der Waals surface area (Å²) in [5.74, 6) is 3.85. The highest BCUT2D eigenvalue weighted by atomic mass is 15.3. The Morgan fingerprint density at radius 1 is 1.04 bits per heavy atom. The summed E-state index contributed by atoms with van der Waals surface area (Å²) in [6.45, 7) is 4.99. The lowest BCUT2D eigenvalue weighted by Gasteiger charge is -2.33. The van der Waals surface area contributed by atoms with Gasteiger partial charge in [0.25, 0.3) is 0 Å². The fraction of sp³-hybridized carbons (Fsp3) is 0.667. The topological polar surface area (TPSA) is 115 Å². The average Bonchev–Trinajstić information content (AvgIpc) is 3.02. The minimum absolute atomic E-state index is 0.217. The Morgan fingerprint density at radius 3 is 2.63 bits per heavy atom. The molecule has 2 aromatic heterocycles. The first-order chi connectivity index (χ1) is 13.1. The van der Waals surface area contributed by atoms with E-state index >= 15 is 0 Å². The van der Waals surface area contributed by atoms with Gasteiger partial charge in [0.05, 0.1) is 6.54 Å². The third kappa shape index (κ3) is 3.97. The highest BCUT2D eigenvalue weighted by Gasteiger charge is 2.27. The van der Waals surface area contributed by atoms with E-state index in [1.807, 2.05) is 0 Å². The summed E-state index contributed by atoms with van der Waals surface area (Å²) in [6, 6.07) is 1.79. The SMILES string of the molecule is Cn1c(CN2CCCCC2)nnc1[C@H]1CCCN(c2cc(N)nc(N)n2)C1. The highest BCUT2D eigenvalue weighted by Crippen LogP contribution is 2.29. The molecule has 0 unspecified atom stereocenters. The number of likely N-dealkylation sites (tertiary alicyclic amines) is 1. The summed E-state index contributed by atoms with van der Waals surface area (Å²) < 4.78 is 2.19. The Labute approximate surface area is 159 Å². The van der Waals surface area contributed by atoms with Crippen LogP contribution in [0, 0.1) is 0 Å². The third-order valence-corrected chi connectivity index (χ3v) is 5.67. The second-order valence-electron chi connectivity index (χ2n) is 7.66. The highest BCUT2D eigenvalue weighted by molar-refractivity contribution is 5.50. The summed E-state index contributed by atoms with van der Waals surface area (Å²) in [4.78, 5) is 13.0. The van der Waals surface area contributed by atoms with Crippen molar-refractivity contribution in [2.45, 2.75) is 44.6 Å². The molecule has 0 spiro atoms. The van der Waals surface area contributed by atoms with Crippen LogP contribution in [0.4, 0.5) is 17.6 Å². The lowest BCUT2D eigenvalue weighted by molar-refractivity contribution is 0.213. The van der Waals surface area contributed by atoms with Gasteiger partial charge in [-0.1, -0.05) is 6.42 Å². The van der Waals surface area contributed by atoms with Gasteiger partial charge in [-0.3, -0.25) is 4.90 Å². The van der Waals surface area contributed by atoms with E-state index in [9.17, 15) is 0 Å². The lowest BCUT2D eigenvalue weighted by atomic mass is 9.97. The molecule has 0 aliphatic carbocycles. The number of rotatable bonds is 4. The standard InChI is InChI=1S/C18H29N9/c1-25-16(12-26-7-3-2-4-8-26)23-24-17(25)13-6-5-9-27(11-13)15-10-14(19)21-18(20)22-15/h10,13H,2-9,11-12H2,1H3,(H4,19,20,21,22)/t13-/m0/s1. The second-order valence-corrected chi connectivity index (χ2v) is 7.66. The summed E-state index contributed by atoms with van der Waals surface area (Å²) in [6.07, 6.45) is 6.09. The van der Waals surface area contributed by atoms with Crippen molar-refractivity contribution >= 4 is 17.6 Å². The molecular weight excluding hydrogens is 342 g/mol. The summed E-state index contributed by atoms with van der Waals surface area (Å²) in [7, 11) is 2.09. The molecule has 0 amide bonds. The van der Waals surface area contributed by atoms with E-state index in [1.165, 1.54) is 19.3 Å². The van der Waals surface area contributed by atoms with Crippen molar-refractivity contribution < 1.29 is 0 Å². The Balaban J connectivity index is 1.48. The van der Waals surface area contributed by atoms with Gasteiger partial charge >= 0.3 is 0 Å². The molecule has 9 nitrogen and oxygen atoms in total. The molecule has 4 N–H and O–H groups in total.